The molecule has 1 heterocycles. The molecule has 0 N–H and O–H groups in total. The molecule has 0 fully saturated rings. The van der Waals surface area contributed by atoms with Crippen LogP contribution < -0.4 is 9.47 Å². The summed E-state index contributed by atoms with van der Waals surface area (Å²) in [5.74, 6) is 1.01. The van der Waals surface area contributed by atoms with E-state index in [4.69, 9.17) is 30.8 Å². The van der Waals surface area contributed by atoms with E-state index in [1.807, 2.05) is 37.3 Å². The summed E-state index contributed by atoms with van der Waals surface area (Å²) < 4.78 is 17.5. The third-order valence-electron chi connectivity index (χ3n) is 7.00. The first-order valence-corrected chi connectivity index (χ1v) is 14.8. The average molecular weight is 621 g/mol. The Labute approximate surface area is 241 Å². The van der Waals surface area contributed by atoms with Gasteiger partial charge in [-0.05, 0) is 60.4 Å². The maximum atomic E-state index is 13.8. The molecule has 0 spiro atoms. The summed E-state index contributed by atoms with van der Waals surface area (Å²) in [7, 11) is 3.13. The highest BCUT2D eigenvalue weighted by Gasteiger charge is 2.45. The van der Waals surface area contributed by atoms with E-state index in [9.17, 15) is 9.59 Å². The normalized spacial score (nSPS) is 21.1. The number of rotatable bonds is 9. The van der Waals surface area contributed by atoms with E-state index in [-0.39, 0.29) is 17.7 Å². The van der Waals surface area contributed by atoms with Crippen molar-refractivity contribution in [1.82, 2.24) is 0 Å². The Morgan fingerprint density at radius 3 is 2.47 bits per heavy atom. The second-order valence-electron chi connectivity index (χ2n) is 9.24. The summed E-state index contributed by atoms with van der Waals surface area (Å²) in [5.41, 5.74) is 3.72. The van der Waals surface area contributed by atoms with Crippen molar-refractivity contribution >= 4 is 56.8 Å². The summed E-state index contributed by atoms with van der Waals surface area (Å²) in [4.78, 5) is 32.2. The Kier molecular flexibility index (Phi) is 9.60. The molecule has 6 nitrogen and oxygen atoms in total. The number of nitrogens with zero attached hydrogens (tertiary/aromatic N) is 1. The number of methoxy groups -OCH3 is 2. The van der Waals surface area contributed by atoms with Crippen LogP contribution in [0.3, 0.4) is 0 Å². The predicted octanol–water partition coefficient (Wildman–Crippen LogP) is 6.99. The Morgan fingerprint density at radius 2 is 1.82 bits per heavy atom. The van der Waals surface area contributed by atoms with Crippen molar-refractivity contribution in [2.75, 3.05) is 32.3 Å². The lowest BCUT2D eigenvalue weighted by Crippen LogP contribution is -2.38. The monoisotopic (exact) mass is 619 g/mol. The third kappa shape index (κ3) is 5.97. The maximum Gasteiger partial charge on any atom is 0.315 e. The average Bonchev–Trinajstić information content (AvgIpc) is 2.90. The van der Waals surface area contributed by atoms with E-state index in [1.165, 1.54) is 0 Å². The van der Waals surface area contributed by atoms with Crippen molar-refractivity contribution < 1.29 is 23.8 Å². The van der Waals surface area contributed by atoms with Crippen LogP contribution in [0.15, 0.2) is 57.1 Å². The van der Waals surface area contributed by atoms with Crippen LogP contribution in [0, 0.1) is 5.92 Å². The summed E-state index contributed by atoms with van der Waals surface area (Å²) in [6.45, 7) is 4.21. The molecule has 0 saturated carbocycles. The molecule has 2 aromatic rings. The molecule has 9 heteroatoms. The minimum Gasteiger partial charge on any atom is -0.493 e. The van der Waals surface area contributed by atoms with Gasteiger partial charge in [-0.15, -0.1) is 0 Å². The number of thioether (sulfide) groups is 1. The summed E-state index contributed by atoms with van der Waals surface area (Å²) in [5, 5.41) is 0.652. The highest BCUT2D eigenvalue weighted by molar-refractivity contribution is 9.10. The van der Waals surface area contributed by atoms with Gasteiger partial charge in [0.05, 0.1) is 14.2 Å². The van der Waals surface area contributed by atoms with Gasteiger partial charge in [0.1, 0.15) is 12.5 Å². The second-order valence-corrected chi connectivity index (χ2v) is 11.9. The minimum atomic E-state index is -0.731. The van der Waals surface area contributed by atoms with E-state index in [2.05, 4.69) is 22.9 Å². The first-order valence-electron chi connectivity index (χ1n) is 12.5. The number of ketones is 1. The molecule has 0 bridgehead atoms. The van der Waals surface area contributed by atoms with E-state index in [1.54, 1.807) is 32.0 Å². The van der Waals surface area contributed by atoms with E-state index in [0.29, 0.717) is 57.5 Å². The first kappa shape index (κ1) is 28.7. The molecule has 4 rings (SSSR count). The Morgan fingerprint density at radius 1 is 1.13 bits per heavy atom. The maximum absolute atomic E-state index is 13.8. The fourth-order valence-electron chi connectivity index (χ4n) is 5.22. The number of aliphatic imine (C=N–C) groups is 1. The summed E-state index contributed by atoms with van der Waals surface area (Å²) >= 11 is 11.5. The van der Waals surface area contributed by atoms with Gasteiger partial charge >= 0.3 is 5.97 Å². The van der Waals surface area contributed by atoms with E-state index >= 15 is 0 Å². The van der Waals surface area contributed by atoms with Crippen LogP contribution in [0.2, 0.25) is 5.02 Å². The van der Waals surface area contributed by atoms with Crippen LogP contribution >= 0.6 is 39.3 Å². The lowest BCUT2D eigenvalue weighted by atomic mass is 9.69. The zero-order chi connectivity index (χ0) is 27.4. The fourth-order valence-corrected chi connectivity index (χ4v) is 6.40. The molecule has 1 aliphatic carbocycles. The minimum absolute atomic E-state index is 0.0147. The molecule has 0 amide bonds. The van der Waals surface area contributed by atoms with Gasteiger partial charge in [-0.2, -0.15) is 11.8 Å². The molecule has 0 radical (unpaired) electrons. The number of carbonyl (C=O) groups excluding carboxylic acids is 2. The number of hydrogen-bond donors (Lipinski definition) is 0. The number of hydrogen-bond acceptors (Lipinski definition) is 7. The number of ether oxygens (including phenoxy) is 3. The SMILES string of the molecule is CCSCCOC(=O)C1C(C)=NC2=C(C(=O)C[C@H](c3ccc(Cl)cc3)C2)[C@H]1c1cc(OC)c(OC)cc1Br. The van der Waals surface area contributed by atoms with Crippen molar-refractivity contribution in [3.63, 3.8) is 0 Å². The number of Topliss-reactive ketones (excluding diaryl/α,β-unsaturated/α-hetero) is 1. The number of allylic oxidation sites excluding steroid dienone is 2. The topological polar surface area (TPSA) is 74.2 Å². The molecule has 1 unspecified atom stereocenters. The molecule has 0 aromatic heterocycles. The van der Waals surface area contributed by atoms with Gasteiger partial charge in [0.15, 0.2) is 17.3 Å². The Bertz CT molecular complexity index is 1280. The smallest absolute Gasteiger partial charge is 0.315 e. The number of carbonyl (C=O) groups is 2. The van der Waals surface area contributed by atoms with Gasteiger partial charge in [-0.1, -0.05) is 46.6 Å². The van der Waals surface area contributed by atoms with Gasteiger partial charge in [0.2, 0.25) is 0 Å². The number of halogens is 2. The highest BCUT2D eigenvalue weighted by atomic mass is 79.9. The van der Waals surface area contributed by atoms with Gasteiger partial charge in [-0.25, -0.2) is 0 Å². The fraction of sp³-hybridized carbons (Fsp3) is 0.414. The molecule has 3 atom stereocenters. The van der Waals surface area contributed by atoms with E-state index < -0.39 is 11.8 Å². The van der Waals surface area contributed by atoms with E-state index in [0.717, 1.165) is 22.6 Å². The molecule has 0 saturated heterocycles. The summed E-state index contributed by atoms with van der Waals surface area (Å²) in [6.07, 6.45) is 0.918. The van der Waals surface area contributed by atoms with Crippen molar-refractivity contribution in [3.8, 4) is 11.5 Å². The number of esters is 1. The van der Waals surface area contributed by atoms with Crippen molar-refractivity contribution in [2.24, 2.45) is 10.9 Å². The van der Waals surface area contributed by atoms with Crippen LogP contribution in [0.1, 0.15) is 49.7 Å². The van der Waals surface area contributed by atoms with Gasteiger partial charge in [0.25, 0.3) is 0 Å². The van der Waals surface area contributed by atoms with Crippen LogP contribution in [-0.2, 0) is 14.3 Å². The van der Waals surface area contributed by atoms with Crippen LogP contribution in [-0.4, -0.2) is 49.8 Å². The molecule has 38 heavy (non-hydrogen) atoms. The predicted molar refractivity (Wildman–Crippen MR) is 156 cm³/mol. The lowest BCUT2D eigenvalue weighted by Gasteiger charge is -2.37. The highest BCUT2D eigenvalue weighted by Crippen LogP contribution is 2.50. The van der Waals surface area contributed by atoms with Gasteiger partial charge < -0.3 is 14.2 Å². The lowest BCUT2D eigenvalue weighted by molar-refractivity contribution is -0.145. The number of benzene rings is 2. The largest absolute Gasteiger partial charge is 0.493 e. The zero-order valence-corrected chi connectivity index (χ0v) is 25.0. The Balaban J connectivity index is 1.79. The third-order valence-corrected chi connectivity index (χ3v) is 8.80. The van der Waals surface area contributed by atoms with Crippen molar-refractivity contribution in [3.05, 3.63) is 68.3 Å². The van der Waals surface area contributed by atoms with Gasteiger partial charge in [-0.3, -0.25) is 14.6 Å². The molecule has 1 aliphatic heterocycles. The van der Waals surface area contributed by atoms with Gasteiger partial charge in [0, 0.05) is 44.6 Å². The quantitative estimate of drug-likeness (QED) is 0.222. The van der Waals surface area contributed by atoms with Crippen LogP contribution in [0.25, 0.3) is 0 Å². The standard InChI is InChI=1S/C29H31BrClNO5S/c1-5-38-11-10-37-29(34)26-16(2)32-22-12-18(17-6-8-19(31)9-7-17)13-23(33)28(22)27(26)20-14-24(35-3)25(36-4)15-21(20)30/h6-9,14-15,18,26-27H,5,10-13H2,1-4H3/t18-,26?,27+/m1/s1. The van der Waals surface area contributed by atoms with Crippen molar-refractivity contribution in [1.29, 1.82) is 0 Å². The van der Waals surface area contributed by atoms with Crippen molar-refractivity contribution in [2.45, 2.75) is 38.5 Å². The van der Waals surface area contributed by atoms with Crippen LogP contribution in [0.5, 0.6) is 11.5 Å². The molecule has 2 aromatic carbocycles. The Hall–Kier alpha value is -2.29. The second kappa shape index (κ2) is 12.7. The first-order chi connectivity index (χ1) is 18.3. The molecular weight excluding hydrogens is 590 g/mol. The molecular formula is C29H31BrClNO5S. The molecule has 2 aliphatic rings. The zero-order valence-electron chi connectivity index (χ0n) is 21.9. The molecule has 202 valence electrons. The summed E-state index contributed by atoms with van der Waals surface area (Å²) in [6, 6.07) is 11.2. The van der Waals surface area contributed by atoms with Crippen LogP contribution in [0.4, 0.5) is 0 Å².